The van der Waals surface area contributed by atoms with Gasteiger partial charge in [0.2, 0.25) is 0 Å². The first-order valence-electron chi connectivity index (χ1n) is 6.20. The van der Waals surface area contributed by atoms with Gasteiger partial charge in [0.25, 0.3) is 0 Å². The standard InChI is InChI=1S/C15H18N2/c16-10-15(17)8-7-12-6-5-11-3-1-2-4-13(11)14(12)9-15/h1-6H,7-10,16-17H2. The van der Waals surface area contributed by atoms with Crippen molar-refractivity contribution >= 4 is 10.8 Å². The molecular weight excluding hydrogens is 208 g/mol. The third kappa shape index (κ3) is 1.74. The van der Waals surface area contributed by atoms with Gasteiger partial charge in [0, 0.05) is 12.1 Å². The number of hydrogen-bond acceptors (Lipinski definition) is 2. The van der Waals surface area contributed by atoms with Crippen LogP contribution in [0.1, 0.15) is 17.5 Å². The fourth-order valence-corrected chi connectivity index (χ4v) is 2.82. The Hall–Kier alpha value is -1.38. The van der Waals surface area contributed by atoms with Crippen LogP contribution in [0.15, 0.2) is 36.4 Å². The smallest absolute Gasteiger partial charge is 0.0322 e. The fraction of sp³-hybridized carbons (Fsp3) is 0.333. The molecule has 0 radical (unpaired) electrons. The van der Waals surface area contributed by atoms with E-state index in [2.05, 4.69) is 36.4 Å². The monoisotopic (exact) mass is 226 g/mol. The van der Waals surface area contributed by atoms with Crippen molar-refractivity contribution in [1.29, 1.82) is 0 Å². The van der Waals surface area contributed by atoms with Crippen molar-refractivity contribution in [2.45, 2.75) is 24.8 Å². The van der Waals surface area contributed by atoms with Crippen molar-refractivity contribution in [3.63, 3.8) is 0 Å². The van der Waals surface area contributed by atoms with Crippen LogP contribution in [0, 0.1) is 0 Å². The lowest BCUT2D eigenvalue weighted by molar-refractivity contribution is 0.383. The number of rotatable bonds is 1. The molecule has 88 valence electrons. The van der Waals surface area contributed by atoms with Crippen LogP contribution in [-0.4, -0.2) is 12.1 Å². The summed E-state index contributed by atoms with van der Waals surface area (Å²) < 4.78 is 0. The lowest BCUT2D eigenvalue weighted by Crippen LogP contribution is -2.51. The van der Waals surface area contributed by atoms with E-state index in [1.165, 1.54) is 21.9 Å². The zero-order valence-electron chi connectivity index (χ0n) is 9.95. The highest BCUT2D eigenvalue weighted by Gasteiger charge is 2.29. The summed E-state index contributed by atoms with van der Waals surface area (Å²) in [6.07, 6.45) is 2.95. The highest BCUT2D eigenvalue weighted by Crippen LogP contribution is 2.32. The second kappa shape index (κ2) is 3.83. The SMILES string of the molecule is NCC1(N)CCc2ccc3ccccc3c2C1. The van der Waals surface area contributed by atoms with E-state index in [9.17, 15) is 0 Å². The molecule has 2 aromatic carbocycles. The molecular formula is C15H18N2. The highest BCUT2D eigenvalue weighted by atomic mass is 14.8. The van der Waals surface area contributed by atoms with Gasteiger partial charge < -0.3 is 11.5 Å². The highest BCUT2D eigenvalue weighted by molar-refractivity contribution is 5.87. The molecule has 0 amide bonds. The quantitative estimate of drug-likeness (QED) is 0.781. The molecule has 0 saturated carbocycles. The predicted molar refractivity (Wildman–Crippen MR) is 71.9 cm³/mol. The van der Waals surface area contributed by atoms with Crippen LogP contribution >= 0.6 is 0 Å². The summed E-state index contributed by atoms with van der Waals surface area (Å²) in [5, 5.41) is 2.64. The van der Waals surface area contributed by atoms with Crippen LogP contribution in [-0.2, 0) is 12.8 Å². The average molecular weight is 226 g/mol. The van der Waals surface area contributed by atoms with E-state index in [0.717, 1.165) is 19.3 Å². The molecule has 2 aromatic rings. The summed E-state index contributed by atoms with van der Waals surface area (Å²) in [5.41, 5.74) is 14.8. The van der Waals surface area contributed by atoms with E-state index in [4.69, 9.17) is 11.5 Å². The predicted octanol–water partition coefficient (Wildman–Crippen LogP) is 1.98. The summed E-state index contributed by atoms with van der Waals surface area (Å²) >= 11 is 0. The average Bonchev–Trinajstić information content (AvgIpc) is 2.39. The molecule has 2 heteroatoms. The minimum Gasteiger partial charge on any atom is -0.329 e. The molecule has 0 spiro atoms. The van der Waals surface area contributed by atoms with Gasteiger partial charge in [-0.3, -0.25) is 0 Å². The largest absolute Gasteiger partial charge is 0.329 e. The van der Waals surface area contributed by atoms with Gasteiger partial charge in [0.05, 0.1) is 0 Å². The molecule has 2 nitrogen and oxygen atoms in total. The number of aryl methyl sites for hydroxylation is 1. The van der Waals surface area contributed by atoms with Crippen molar-refractivity contribution in [1.82, 2.24) is 0 Å². The molecule has 0 bridgehead atoms. The first-order chi connectivity index (χ1) is 8.22. The maximum absolute atomic E-state index is 6.34. The molecule has 0 heterocycles. The third-order valence-corrected chi connectivity index (χ3v) is 3.97. The maximum atomic E-state index is 6.34. The lowest BCUT2D eigenvalue weighted by Gasteiger charge is -2.34. The van der Waals surface area contributed by atoms with Gasteiger partial charge in [-0.1, -0.05) is 36.4 Å². The lowest BCUT2D eigenvalue weighted by atomic mass is 9.77. The number of hydrogen-bond donors (Lipinski definition) is 2. The van der Waals surface area contributed by atoms with Crippen molar-refractivity contribution in [3.8, 4) is 0 Å². The van der Waals surface area contributed by atoms with Gasteiger partial charge in [-0.15, -0.1) is 0 Å². The molecule has 4 N–H and O–H groups in total. The molecule has 17 heavy (non-hydrogen) atoms. The van der Waals surface area contributed by atoms with Crippen LogP contribution in [0.4, 0.5) is 0 Å². The van der Waals surface area contributed by atoms with E-state index < -0.39 is 0 Å². The van der Waals surface area contributed by atoms with Crippen molar-refractivity contribution in [3.05, 3.63) is 47.5 Å². The summed E-state index contributed by atoms with van der Waals surface area (Å²) in [4.78, 5) is 0. The molecule has 0 aromatic heterocycles. The second-order valence-corrected chi connectivity index (χ2v) is 5.17. The molecule has 0 fully saturated rings. The van der Waals surface area contributed by atoms with Gasteiger partial charge in [0.15, 0.2) is 0 Å². The Kier molecular flexibility index (Phi) is 2.42. The van der Waals surface area contributed by atoms with Gasteiger partial charge in [-0.25, -0.2) is 0 Å². The van der Waals surface area contributed by atoms with Gasteiger partial charge in [-0.2, -0.15) is 0 Å². The van der Waals surface area contributed by atoms with Crippen molar-refractivity contribution in [2.24, 2.45) is 11.5 Å². The Morgan fingerprint density at radius 2 is 1.94 bits per heavy atom. The first-order valence-corrected chi connectivity index (χ1v) is 6.20. The van der Waals surface area contributed by atoms with Gasteiger partial charge in [0.1, 0.15) is 0 Å². The van der Waals surface area contributed by atoms with E-state index in [-0.39, 0.29) is 5.54 Å². The Morgan fingerprint density at radius 3 is 2.76 bits per heavy atom. The third-order valence-electron chi connectivity index (χ3n) is 3.97. The van der Waals surface area contributed by atoms with Crippen molar-refractivity contribution < 1.29 is 0 Å². The Bertz CT molecular complexity index is 562. The van der Waals surface area contributed by atoms with Gasteiger partial charge in [-0.05, 0) is 41.2 Å². The minimum atomic E-state index is -0.211. The van der Waals surface area contributed by atoms with E-state index in [1.54, 1.807) is 0 Å². The van der Waals surface area contributed by atoms with Crippen LogP contribution < -0.4 is 11.5 Å². The van der Waals surface area contributed by atoms with Crippen LogP contribution in [0.5, 0.6) is 0 Å². The number of benzene rings is 2. The van der Waals surface area contributed by atoms with E-state index >= 15 is 0 Å². The number of nitrogens with two attached hydrogens (primary N) is 2. The molecule has 1 atom stereocenters. The Labute approximate surface area is 102 Å². The van der Waals surface area contributed by atoms with Crippen LogP contribution in [0.2, 0.25) is 0 Å². The summed E-state index contributed by atoms with van der Waals surface area (Å²) in [6.45, 7) is 0.565. The van der Waals surface area contributed by atoms with Gasteiger partial charge >= 0.3 is 0 Å². The maximum Gasteiger partial charge on any atom is 0.0322 e. The number of fused-ring (bicyclic) bond motifs is 3. The zero-order chi connectivity index (χ0) is 11.9. The van der Waals surface area contributed by atoms with E-state index in [0.29, 0.717) is 6.54 Å². The Balaban J connectivity index is 2.19. The van der Waals surface area contributed by atoms with Crippen LogP contribution in [0.25, 0.3) is 10.8 Å². The summed E-state index contributed by atoms with van der Waals surface area (Å²) in [6, 6.07) is 13.0. The summed E-state index contributed by atoms with van der Waals surface area (Å²) in [7, 11) is 0. The molecule has 3 rings (SSSR count). The fourth-order valence-electron chi connectivity index (χ4n) is 2.82. The molecule has 1 aliphatic carbocycles. The Morgan fingerprint density at radius 1 is 1.12 bits per heavy atom. The first kappa shape index (κ1) is 10.8. The van der Waals surface area contributed by atoms with Crippen LogP contribution in [0.3, 0.4) is 0 Å². The molecule has 1 aliphatic rings. The molecule has 1 unspecified atom stereocenters. The second-order valence-electron chi connectivity index (χ2n) is 5.17. The van der Waals surface area contributed by atoms with Crippen molar-refractivity contribution in [2.75, 3.05) is 6.54 Å². The van der Waals surface area contributed by atoms with E-state index in [1.807, 2.05) is 0 Å². The summed E-state index contributed by atoms with van der Waals surface area (Å²) in [5.74, 6) is 0. The minimum absolute atomic E-state index is 0.211. The topological polar surface area (TPSA) is 52.0 Å². The molecule has 0 aliphatic heterocycles. The molecule has 0 saturated heterocycles. The zero-order valence-corrected chi connectivity index (χ0v) is 9.95. The normalized spacial score (nSPS) is 23.6.